The maximum atomic E-state index is 11.8. The van der Waals surface area contributed by atoms with Crippen LogP contribution in [0.3, 0.4) is 0 Å². The average Bonchev–Trinajstić information content (AvgIpc) is 2.90. The molecule has 4 heteroatoms. The van der Waals surface area contributed by atoms with Crippen molar-refractivity contribution in [3.63, 3.8) is 0 Å². The number of carbonyl (C=O) groups excluding carboxylic acids is 1. The Hall–Kier alpha value is -1.42. The van der Waals surface area contributed by atoms with Gasteiger partial charge in [-0.15, -0.1) is 0 Å². The number of nitrogens with zero attached hydrogens (tertiary/aromatic N) is 1. The van der Waals surface area contributed by atoms with Crippen LogP contribution in [0.4, 0.5) is 0 Å². The zero-order valence-corrected chi connectivity index (χ0v) is 10.8. The lowest BCUT2D eigenvalue weighted by atomic mass is 10.1. The van der Waals surface area contributed by atoms with Crippen molar-refractivity contribution in [2.45, 2.75) is 44.8 Å². The van der Waals surface area contributed by atoms with Crippen LogP contribution >= 0.6 is 0 Å². The van der Waals surface area contributed by atoms with Gasteiger partial charge < -0.3 is 10.1 Å². The van der Waals surface area contributed by atoms with Gasteiger partial charge in [-0.25, -0.2) is 0 Å². The quantitative estimate of drug-likeness (QED) is 0.869. The summed E-state index contributed by atoms with van der Waals surface area (Å²) in [4.78, 5) is 15.8. The fourth-order valence-corrected chi connectivity index (χ4v) is 2.21. The van der Waals surface area contributed by atoms with Crippen LogP contribution in [0.1, 0.15) is 44.2 Å². The second kappa shape index (κ2) is 6.50. The minimum atomic E-state index is 0.0324. The molecule has 0 unspecified atom stereocenters. The third-order valence-corrected chi connectivity index (χ3v) is 3.30. The second-order valence-corrected chi connectivity index (χ2v) is 4.74. The second-order valence-electron chi connectivity index (χ2n) is 4.74. The third-order valence-electron chi connectivity index (χ3n) is 3.30. The molecule has 1 fully saturated rings. The largest absolute Gasteiger partial charge is 0.378 e. The summed E-state index contributed by atoms with van der Waals surface area (Å²) < 4.78 is 5.50. The summed E-state index contributed by atoms with van der Waals surface area (Å²) in [6.45, 7) is 2.83. The lowest BCUT2D eigenvalue weighted by Crippen LogP contribution is -2.27. The molecule has 1 aliphatic heterocycles. The monoisotopic (exact) mass is 248 g/mol. The van der Waals surface area contributed by atoms with Crippen LogP contribution in [-0.2, 0) is 9.53 Å². The van der Waals surface area contributed by atoms with Gasteiger partial charge in [-0.05, 0) is 43.9 Å². The molecule has 2 atom stereocenters. The smallest absolute Gasteiger partial charge is 0.220 e. The fourth-order valence-electron chi connectivity index (χ4n) is 2.21. The highest BCUT2D eigenvalue weighted by Gasteiger charge is 2.17. The first-order valence-corrected chi connectivity index (χ1v) is 6.56. The maximum Gasteiger partial charge on any atom is 0.220 e. The molecule has 4 nitrogen and oxygen atoms in total. The first kappa shape index (κ1) is 13.0. The van der Waals surface area contributed by atoms with Crippen LogP contribution < -0.4 is 5.32 Å². The van der Waals surface area contributed by atoms with Crippen LogP contribution in [0.5, 0.6) is 0 Å². The average molecular weight is 248 g/mol. The highest BCUT2D eigenvalue weighted by atomic mass is 16.5. The standard InChI is InChI=1S/C14H20N2O2/c1-11(12-6-8-15-9-7-12)16-14(17)5-4-13-3-2-10-18-13/h6-9,11,13H,2-5,10H2,1H3,(H,16,17)/t11-,13-/m1/s1. The van der Waals surface area contributed by atoms with Gasteiger partial charge in [-0.1, -0.05) is 0 Å². The van der Waals surface area contributed by atoms with Gasteiger partial charge >= 0.3 is 0 Å². The van der Waals surface area contributed by atoms with Gasteiger partial charge in [-0.3, -0.25) is 9.78 Å². The lowest BCUT2D eigenvalue weighted by molar-refractivity contribution is -0.122. The molecule has 1 aromatic rings. The van der Waals surface area contributed by atoms with E-state index in [2.05, 4.69) is 10.3 Å². The zero-order chi connectivity index (χ0) is 12.8. The van der Waals surface area contributed by atoms with Gasteiger partial charge in [0.25, 0.3) is 0 Å². The SMILES string of the molecule is C[C@@H](NC(=O)CC[C@H]1CCCO1)c1ccncc1. The summed E-state index contributed by atoms with van der Waals surface area (Å²) in [5.74, 6) is 0.0924. The van der Waals surface area contributed by atoms with E-state index in [-0.39, 0.29) is 18.1 Å². The molecule has 2 rings (SSSR count). The van der Waals surface area contributed by atoms with E-state index in [1.54, 1.807) is 12.4 Å². The number of hydrogen-bond acceptors (Lipinski definition) is 3. The molecular weight excluding hydrogens is 228 g/mol. The Balaban J connectivity index is 1.73. The lowest BCUT2D eigenvalue weighted by Gasteiger charge is -2.15. The number of aromatic nitrogens is 1. The van der Waals surface area contributed by atoms with Gasteiger partial charge in [0.05, 0.1) is 12.1 Å². The predicted octanol–water partition coefficient (Wildman–Crippen LogP) is 2.22. The topological polar surface area (TPSA) is 51.2 Å². The van der Waals surface area contributed by atoms with E-state index in [0.29, 0.717) is 6.42 Å². The molecule has 18 heavy (non-hydrogen) atoms. The molecule has 0 aromatic carbocycles. The summed E-state index contributed by atoms with van der Waals surface area (Å²) in [6.07, 6.45) is 7.35. The summed E-state index contributed by atoms with van der Waals surface area (Å²) >= 11 is 0. The van der Waals surface area contributed by atoms with Crippen molar-refractivity contribution >= 4 is 5.91 Å². The van der Waals surface area contributed by atoms with Crippen molar-refractivity contribution in [3.8, 4) is 0 Å². The summed E-state index contributed by atoms with van der Waals surface area (Å²) in [7, 11) is 0. The molecule has 1 aromatic heterocycles. The number of amides is 1. The Bertz CT molecular complexity index is 375. The molecule has 98 valence electrons. The van der Waals surface area contributed by atoms with Gasteiger partial charge in [-0.2, -0.15) is 0 Å². The van der Waals surface area contributed by atoms with Crippen molar-refractivity contribution in [1.82, 2.24) is 10.3 Å². The summed E-state index contributed by atoms with van der Waals surface area (Å²) in [6, 6.07) is 3.88. The number of hydrogen-bond donors (Lipinski definition) is 1. The van der Waals surface area contributed by atoms with Crippen molar-refractivity contribution in [2.24, 2.45) is 0 Å². The van der Waals surface area contributed by atoms with Crippen LogP contribution in [0.2, 0.25) is 0 Å². The first-order chi connectivity index (χ1) is 8.75. The van der Waals surface area contributed by atoms with Crippen LogP contribution in [0.15, 0.2) is 24.5 Å². The minimum Gasteiger partial charge on any atom is -0.378 e. The normalized spacial score (nSPS) is 20.6. The Labute approximate surface area is 108 Å². The van der Waals surface area contributed by atoms with Crippen molar-refractivity contribution < 1.29 is 9.53 Å². The Morgan fingerprint density at radius 1 is 1.56 bits per heavy atom. The van der Waals surface area contributed by atoms with Crippen molar-refractivity contribution in [2.75, 3.05) is 6.61 Å². The third kappa shape index (κ3) is 3.81. The van der Waals surface area contributed by atoms with Crippen LogP contribution in [0.25, 0.3) is 0 Å². The first-order valence-electron chi connectivity index (χ1n) is 6.56. The maximum absolute atomic E-state index is 11.8. The Morgan fingerprint density at radius 2 is 2.33 bits per heavy atom. The molecule has 1 amide bonds. The molecule has 0 radical (unpaired) electrons. The molecular formula is C14H20N2O2. The minimum absolute atomic E-state index is 0.0324. The molecule has 0 spiro atoms. The predicted molar refractivity (Wildman–Crippen MR) is 69.0 cm³/mol. The number of nitrogens with one attached hydrogen (secondary N) is 1. The Morgan fingerprint density at radius 3 is 3.00 bits per heavy atom. The van der Waals surface area contributed by atoms with E-state index in [9.17, 15) is 4.79 Å². The highest BCUT2D eigenvalue weighted by molar-refractivity contribution is 5.76. The molecule has 1 saturated heterocycles. The van der Waals surface area contributed by atoms with E-state index in [1.807, 2.05) is 19.1 Å². The molecule has 1 aliphatic rings. The van der Waals surface area contributed by atoms with Gasteiger partial charge in [0.1, 0.15) is 0 Å². The van der Waals surface area contributed by atoms with Crippen molar-refractivity contribution in [1.29, 1.82) is 0 Å². The molecule has 0 saturated carbocycles. The van der Waals surface area contributed by atoms with E-state index in [1.165, 1.54) is 0 Å². The van der Waals surface area contributed by atoms with Crippen molar-refractivity contribution in [3.05, 3.63) is 30.1 Å². The molecule has 0 bridgehead atoms. The van der Waals surface area contributed by atoms with Crippen LogP contribution in [0, 0.1) is 0 Å². The number of rotatable bonds is 5. The van der Waals surface area contributed by atoms with E-state index < -0.39 is 0 Å². The zero-order valence-electron chi connectivity index (χ0n) is 10.8. The molecule has 2 heterocycles. The number of pyridine rings is 1. The molecule has 0 aliphatic carbocycles. The van der Waals surface area contributed by atoms with Gasteiger partial charge in [0.2, 0.25) is 5.91 Å². The molecule has 1 N–H and O–H groups in total. The van der Waals surface area contributed by atoms with Gasteiger partial charge in [0.15, 0.2) is 0 Å². The fraction of sp³-hybridized carbons (Fsp3) is 0.571. The van der Waals surface area contributed by atoms with E-state index >= 15 is 0 Å². The summed E-state index contributed by atoms with van der Waals surface area (Å²) in [5, 5.41) is 3.00. The number of carbonyl (C=O) groups is 1. The highest BCUT2D eigenvalue weighted by Crippen LogP contribution is 2.17. The van der Waals surface area contributed by atoms with Gasteiger partial charge in [0, 0.05) is 25.4 Å². The summed E-state index contributed by atoms with van der Waals surface area (Å²) in [5.41, 5.74) is 1.08. The van der Waals surface area contributed by atoms with Crippen LogP contribution in [-0.4, -0.2) is 23.6 Å². The number of ether oxygens (including phenoxy) is 1. The van der Waals surface area contributed by atoms with E-state index in [4.69, 9.17) is 4.74 Å². The van der Waals surface area contributed by atoms with E-state index in [0.717, 1.165) is 31.4 Å². The Kier molecular flexibility index (Phi) is 4.70.